The summed E-state index contributed by atoms with van der Waals surface area (Å²) < 4.78 is 6.84. The number of ether oxygens (including phenoxy) is 1. The molecule has 3 nitrogen and oxygen atoms in total. The molecular weight excluding hydrogens is 338 g/mol. The Morgan fingerprint density at radius 2 is 2.05 bits per heavy atom. The van der Waals surface area contributed by atoms with Crippen molar-refractivity contribution in [2.24, 2.45) is 5.16 Å². The maximum absolute atomic E-state index is 8.60. The van der Waals surface area contributed by atoms with E-state index in [1.165, 1.54) is 10.4 Å². The number of hydrogen-bond acceptors (Lipinski definition) is 4. The Morgan fingerprint density at radius 3 is 2.65 bits per heavy atom. The molecule has 0 bridgehead atoms. The molecular formula is C15H16BrNO2S. The Morgan fingerprint density at radius 1 is 1.30 bits per heavy atom. The molecule has 0 aliphatic heterocycles. The van der Waals surface area contributed by atoms with Crippen LogP contribution < -0.4 is 4.74 Å². The van der Waals surface area contributed by atoms with Gasteiger partial charge in [-0.1, -0.05) is 17.3 Å². The maximum atomic E-state index is 8.60. The highest BCUT2D eigenvalue weighted by atomic mass is 79.9. The molecule has 106 valence electrons. The quantitative estimate of drug-likeness (QED) is 0.457. The molecule has 1 aromatic carbocycles. The van der Waals surface area contributed by atoms with Gasteiger partial charge in [0.25, 0.3) is 0 Å². The van der Waals surface area contributed by atoms with Crippen LogP contribution in [0.1, 0.15) is 23.8 Å². The molecule has 1 N–H and O–H groups in total. The Bertz CT molecular complexity index is 578. The number of hydrogen-bond donors (Lipinski definition) is 1. The largest absolute Gasteiger partial charge is 0.488 e. The van der Waals surface area contributed by atoms with E-state index >= 15 is 0 Å². The summed E-state index contributed by atoms with van der Waals surface area (Å²) >= 11 is 5.17. The van der Waals surface area contributed by atoms with Crippen LogP contribution in [0.5, 0.6) is 5.75 Å². The van der Waals surface area contributed by atoms with Crippen molar-refractivity contribution in [2.45, 2.75) is 26.4 Å². The van der Waals surface area contributed by atoms with E-state index in [0.717, 1.165) is 28.8 Å². The molecule has 0 saturated carbocycles. The molecule has 0 amide bonds. The van der Waals surface area contributed by atoms with Crippen molar-refractivity contribution in [1.29, 1.82) is 0 Å². The van der Waals surface area contributed by atoms with E-state index in [1.54, 1.807) is 11.3 Å². The summed E-state index contributed by atoms with van der Waals surface area (Å²) in [6.07, 6.45) is 1.63. The van der Waals surface area contributed by atoms with Gasteiger partial charge < -0.3 is 9.94 Å². The highest BCUT2D eigenvalue weighted by Gasteiger charge is 2.03. The molecule has 0 fully saturated rings. The lowest BCUT2D eigenvalue weighted by molar-refractivity contribution is 0.309. The van der Waals surface area contributed by atoms with Crippen molar-refractivity contribution in [1.82, 2.24) is 0 Å². The van der Waals surface area contributed by atoms with E-state index in [2.05, 4.69) is 21.1 Å². The molecule has 2 aromatic rings. The molecule has 0 aliphatic rings. The van der Waals surface area contributed by atoms with E-state index in [1.807, 2.05) is 42.6 Å². The van der Waals surface area contributed by atoms with Crippen molar-refractivity contribution in [3.8, 4) is 5.75 Å². The van der Waals surface area contributed by atoms with Gasteiger partial charge in [-0.15, -0.1) is 11.3 Å². The fourth-order valence-corrected chi connectivity index (χ4v) is 3.08. The van der Waals surface area contributed by atoms with Crippen molar-refractivity contribution < 1.29 is 9.94 Å². The fourth-order valence-electron chi connectivity index (χ4n) is 1.70. The number of rotatable bonds is 6. The average Bonchev–Trinajstić information content (AvgIpc) is 2.89. The second-order valence-corrected chi connectivity index (χ2v) is 6.31. The Kier molecular flexibility index (Phi) is 5.61. The molecule has 20 heavy (non-hydrogen) atoms. The number of benzene rings is 1. The lowest BCUT2D eigenvalue weighted by Gasteiger charge is -2.06. The molecule has 5 heteroatoms. The van der Waals surface area contributed by atoms with Crippen LogP contribution in [0.25, 0.3) is 0 Å². The summed E-state index contributed by atoms with van der Waals surface area (Å²) in [5.41, 5.74) is 1.95. The minimum Gasteiger partial charge on any atom is -0.488 e. The molecule has 0 aliphatic carbocycles. The van der Waals surface area contributed by atoms with Gasteiger partial charge in [0, 0.05) is 4.47 Å². The summed E-state index contributed by atoms with van der Waals surface area (Å²) in [7, 11) is 0. The first-order chi connectivity index (χ1) is 9.69. The summed E-state index contributed by atoms with van der Waals surface area (Å²) in [4.78, 5) is 1.18. The van der Waals surface area contributed by atoms with E-state index in [4.69, 9.17) is 9.94 Å². The number of halogens is 1. The van der Waals surface area contributed by atoms with Crippen LogP contribution in [0.2, 0.25) is 0 Å². The van der Waals surface area contributed by atoms with E-state index < -0.39 is 0 Å². The Hall–Kier alpha value is -1.33. The first kappa shape index (κ1) is 15.1. The molecule has 0 radical (unpaired) electrons. The SMILES string of the molecule is CC(CCc1ccc(OCc2sccc2Br)cc1)=NO. The zero-order valence-electron chi connectivity index (χ0n) is 11.2. The van der Waals surface area contributed by atoms with E-state index in [9.17, 15) is 0 Å². The molecule has 0 saturated heterocycles. The fraction of sp³-hybridized carbons (Fsp3) is 0.267. The smallest absolute Gasteiger partial charge is 0.124 e. The van der Waals surface area contributed by atoms with Gasteiger partial charge in [0.15, 0.2) is 0 Å². The van der Waals surface area contributed by atoms with Gasteiger partial charge >= 0.3 is 0 Å². The van der Waals surface area contributed by atoms with Crippen LogP contribution in [0.3, 0.4) is 0 Å². The van der Waals surface area contributed by atoms with Gasteiger partial charge in [0.05, 0.1) is 10.6 Å². The normalized spacial score (nSPS) is 11.6. The van der Waals surface area contributed by atoms with Crippen LogP contribution in [0.15, 0.2) is 45.3 Å². The van der Waals surface area contributed by atoms with Gasteiger partial charge in [-0.2, -0.15) is 0 Å². The van der Waals surface area contributed by atoms with Crippen LogP contribution >= 0.6 is 27.3 Å². The van der Waals surface area contributed by atoms with E-state index in [-0.39, 0.29) is 0 Å². The minimum absolute atomic E-state index is 0.577. The number of oxime groups is 1. The lowest BCUT2D eigenvalue weighted by Crippen LogP contribution is -1.96. The van der Waals surface area contributed by atoms with Crippen molar-refractivity contribution in [3.63, 3.8) is 0 Å². The zero-order valence-corrected chi connectivity index (χ0v) is 13.6. The lowest BCUT2D eigenvalue weighted by atomic mass is 10.1. The molecule has 0 spiro atoms. The summed E-state index contributed by atoms with van der Waals surface area (Å²) in [6.45, 7) is 2.39. The minimum atomic E-state index is 0.577. The van der Waals surface area contributed by atoms with Gasteiger partial charge in [-0.25, -0.2) is 0 Å². The number of thiophene rings is 1. The third-order valence-electron chi connectivity index (χ3n) is 2.93. The number of aryl methyl sites for hydroxylation is 1. The first-order valence-electron chi connectivity index (χ1n) is 6.30. The molecule has 2 rings (SSSR count). The predicted molar refractivity (Wildman–Crippen MR) is 86.0 cm³/mol. The van der Waals surface area contributed by atoms with Gasteiger partial charge in [0.2, 0.25) is 0 Å². The van der Waals surface area contributed by atoms with Crippen molar-refractivity contribution in [3.05, 3.63) is 50.6 Å². The zero-order chi connectivity index (χ0) is 14.4. The first-order valence-corrected chi connectivity index (χ1v) is 7.97. The molecule has 0 atom stereocenters. The van der Waals surface area contributed by atoms with Gasteiger partial charge in [-0.3, -0.25) is 0 Å². The number of nitrogens with zero attached hydrogens (tertiary/aromatic N) is 1. The summed E-state index contributed by atoms with van der Waals surface area (Å²) in [5.74, 6) is 0.863. The average molecular weight is 354 g/mol. The van der Waals surface area contributed by atoms with Crippen molar-refractivity contribution >= 4 is 33.0 Å². The van der Waals surface area contributed by atoms with Gasteiger partial charge in [-0.05, 0) is 64.8 Å². The summed E-state index contributed by atoms with van der Waals surface area (Å²) in [6, 6.07) is 10.1. The highest BCUT2D eigenvalue weighted by molar-refractivity contribution is 9.10. The maximum Gasteiger partial charge on any atom is 0.124 e. The monoisotopic (exact) mass is 353 g/mol. The highest BCUT2D eigenvalue weighted by Crippen LogP contribution is 2.24. The Balaban J connectivity index is 1.87. The third-order valence-corrected chi connectivity index (χ3v) is 4.83. The van der Waals surface area contributed by atoms with Crippen LogP contribution in [-0.2, 0) is 13.0 Å². The van der Waals surface area contributed by atoms with Gasteiger partial charge in [0.1, 0.15) is 12.4 Å². The molecule has 1 aromatic heterocycles. The summed E-state index contributed by atoms with van der Waals surface area (Å²) in [5, 5.41) is 13.8. The Labute approximate surface area is 131 Å². The second-order valence-electron chi connectivity index (χ2n) is 4.46. The molecule has 1 heterocycles. The van der Waals surface area contributed by atoms with Crippen LogP contribution in [-0.4, -0.2) is 10.9 Å². The molecule has 0 unspecified atom stereocenters. The third kappa shape index (κ3) is 4.35. The second kappa shape index (κ2) is 7.45. The predicted octanol–water partition coefficient (Wildman–Crippen LogP) is 4.87. The standard InChI is InChI=1S/C15H16BrNO2S/c1-11(17-18)2-3-12-4-6-13(7-5-12)19-10-15-14(16)8-9-20-15/h4-9,18H,2-3,10H2,1H3. The van der Waals surface area contributed by atoms with Crippen LogP contribution in [0, 0.1) is 0 Å². The topological polar surface area (TPSA) is 41.8 Å². The van der Waals surface area contributed by atoms with Crippen molar-refractivity contribution in [2.75, 3.05) is 0 Å². The van der Waals surface area contributed by atoms with Crippen LogP contribution in [0.4, 0.5) is 0 Å². The van der Waals surface area contributed by atoms with E-state index in [0.29, 0.717) is 6.61 Å².